The van der Waals surface area contributed by atoms with E-state index in [1.165, 1.54) is 103 Å². The third-order valence-electron chi connectivity index (χ3n) is 19.8. The second-order valence-electron chi connectivity index (χ2n) is 30.4. The van der Waals surface area contributed by atoms with Crippen LogP contribution < -0.4 is 10.4 Å². The molecule has 10 aromatic rings. The Bertz CT molecular complexity index is 4520. The molecule has 0 spiro atoms. The third-order valence-corrected chi connectivity index (χ3v) is 19.8. The highest BCUT2D eigenvalue weighted by Crippen LogP contribution is 2.43. The van der Waals surface area contributed by atoms with Crippen molar-refractivity contribution >= 4 is 111 Å². The Morgan fingerprint density at radius 1 is 0.432 bits per heavy atom. The summed E-state index contributed by atoms with van der Waals surface area (Å²) in [5.41, 5.74) is 1.13. The number of ether oxygens (including phenoxy) is 6. The molecule has 0 heterocycles. The molecule has 0 fully saturated rings. The molecule has 1 atom stereocenters. The fraction of sp³-hybridized carbons (Fsp3) is 0.430. The molecule has 95 heavy (non-hydrogen) atoms. The lowest BCUT2D eigenvalue weighted by atomic mass is 9.72. The zero-order chi connectivity index (χ0) is 68.3. The van der Waals surface area contributed by atoms with Gasteiger partial charge in [0.15, 0.2) is 0 Å². The second kappa shape index (κ2) is 28.6. The monoisotopic (exact) mass is 1280 g/mol. The van der Waals surface area contributed by atoms with Crippen LogP contribution in [0.2, 0.25) is 0 Å². The van der Waals surface area contributed by atoms with Gasteiger partial charge in [-0.2, -0.15) is 0 Å². The minimum atomic E-state index is -0.954. The first-order valence-corrected chi connectivity index (χ1v) is 34.7. The van der Waals surface area contributed by atoms with Crippen LogP contribution in [0.4, 0.5) is 0 Å². The molecule has 0 aromatic heterocycles. The second-order valence-corrected chi connectivity index (χ2v) is 30.4. The number of rotatable bonds is 31. The van der Waals surface area contributed by atoms with Crippen molar-refractivity contribution < 1.29 is 42.8 Å². The molecule has 10 rings (SSSR count). The van der Waals surface area contributed by atoms with Crippen molar-refractivity contribution in [2.45, 2.75) is 215 Å². The summed E-state index contributed by atoms with van der Waals surface area (Å²) >= 11 is 0. The average Bonchev–Trinajstić information content (AvgIpc) is 0.757. The van der Waals surface area contributed by atoms with Gasteiger partial charge in [-0.15, -0.1) is 0 Å². The number of esters is 3. The fourth-order valence-corrected chi connectivity index (χ4v) is 14.8. The van der Waals surface area contributed by atoms with Crippen molar-refractivity contribution in [3.05, 3.63) is 173 Å². The Hall–Kier alpha value is -7.69. The molecule has 0 bridgehead atoms. The summed E-state index contributed by atoms with van der Waals surface area (Å²) in [4.78, 5) is 40.9. The van der Waals surface area contributed by atoms with E-state index in [1.807, 2.05) is 47.6 Å². The highest BCUT2D eigenvalue weighted by Gasteiger charge is 2.47. The maximum absolute atomic E-state index is 13.7. The molecule has 0 saturated heterocycles. The van der Waals surface area contributed by atoms with Crippen LogP contribution in [0.5, 0.6) is 0 Å². The SMILES string of the molecule is C=Cc1c(CCCC(=O)OC(C)(C)COC(C)(C)C(CC(C)(C)OCCC(C)(C)OC(=O)CCCc2ccc3ccc4cccc5ccc2c3c45)C(C)(C)OCCC(C)(C)OC(=O)CCCc2ccc3ccc4cccc5ccc2c3c45)ccc2cc/c(=C/C)c(=C(C)C)c12. The molecule has 1 unspecified atom stereocenters. The van der Waals surface area contributed by atoms with E-state index in [0.717, 1.165) is 24.0 Å². The molecular weight excluding hydrogens is 1180 g/mol. The molecule has 0 aliphatic carbocycles. The van der Waals surface area contributed by atoms with Gasteiger partial charge in [-0.05, 0) is 257 Å². The minimum absolute atomic E-state index is 0.134. The van der Waals surface area contributed by atoms with Crippen molar-refractivity contribution in [3.63, 3.8) is 0 Å². The van der Waals surface area contributed by atoms with Gasteiger partial charge in [0.25, 0.3) is 0 Å². The zero-order valence-electron chi connectivity index (χ0n) is 59.4. The molecule has 500 valence electrons. The highest BCUT2D eigenvalue weighted by atomic mass is 16.6. The quantitative estimate of drug-likeness (QED) is 0.0239. The molecule has 9 nitrogen and oxygen atoms in total. The van der Waals surface area contributed by atoms with Crippen molar-refractivity contribution in [3.8, 4) is 0 Å². The molecule has 9 heteroatoms. The van der Waals surface area contributed by atoms with Crippen molar-refractivity contribution in [1.82, 2.24) is 0 Å². The van der Waals surface area contributed by atoms with Gasteiger partial charge in [0.05, 0.1) is 36.6 Å². The smallest absolute Gasteiger partial charge is 0.306 e. The predicted molar refractivity (Wildman–Crippen MR) is 395 cm³/mol. The topological polar surface area (TPSA) is 107 Å². The molecular formula is C86H102O9. The molecule has 0 N–H and O–H groups in total. The van der Waals surface area contributed by atoms with Crippen LogP contribution in [-0.2, 0) is 62.1 Å². The summed E-state index contributed by atoms with van der Waals surface area (Å²) in [6.07, 6.45) is 10.6. The van der Waals surface area contributed by atoms with E-state index in [9.17, 15) is 14.4 Å². The van der Waals surface area contributed by atoms with Crippen LogP contribution in [0.25, 0.3) is 93.1 Å². The van der Waals surface area contributed by atoms with Crippen LogP contribution in [0.15, 0.2) is 140 Å². The number of carbonyl (C=O) groups is 3. The Morgan fingerprint density at radius 2 is 0.811 bits per heavy atom. The highest BCUT2D eigenvalue weighted by molar-refractivity contribution is 6.24. The number of hydrogen-bond donors (Lipinski definition) is 0. The number of fused-ring (bicyclic) bond motifs is 1. The standard InChI is InChI=1S/C86H102O9/c1-17-57-34-38-65-39-35-58(68(18-2)78(65)75(57)56(3)4)24-21-33-74(89)95-84(11,12)55-92-86(15,16)71(85(13,14)91-53-51-82(7,8)94-73(88)32-23-26-60-37-41-67-45-43-62-28-20-30-64-47-49-70(60)80(67)77(62)64)54-83(9,10)90-52-50-81(5,6)93-72(87)31-22-25-59-36-40-66-44-42-61-27-19-29-63-46-48-69(59)79(66)76(61)63/h17-20,27-30,34-49,71H,2,21-26,31-33,50-55H2,1,3-16H3/b57-17-. The number of benzene rings is 10. The summed E-state index contributed by atoms with van der Waals surface area (Å²) in [7, 11) is 0. The first-order valence-electron chi connectivity index (χ1n) is 34.7. The lowest BCUT2D eigenvalue weighted by Gasteiger charge is -2.48. The third kappa shape index (κ3) is 16.4. The first-order chi connectivity index (χ1) is 45.0. The molecule has 0 aliphatic heterocycles. The summed E-state index contributed by atoms with van der Waals surface area (Å²) in [5, 5.41) is 19.8. The maximum atomic E-state index is 13.7. The van der Waals surface area contributed by atoms with E-state index in [-0.39, 0.29) is 36.9 Å². The van der Waals surface area contributed by atoms with E-state index in [1.54, 1.807) is 0 Å². The number of hydrogen-bond acceptors (Lipinski definition) is 9. The van der Waals surface area contributed by atoms with E-state index in [4.69, 9.17) is 28.4 Å². The van der Waals surface area contributed by atoms with E-state index < -0.39 is 33.6 Å². The number of aryl methyl sites for hydroxylation is 3. The maximum Gasteiger partial charge on any atom is 0.306 e. The average molecular weight is 1280 g/mol. The van der Waals surface area contributed by atoms with E-state index in [2.05, 4.69) is 208 Å². The Kier molecular flexibility index (Phi) is 21.1. The molecule has 0 amide bonds. The molecule has 0 saturated carbocycles. The Morgan fingerprint density at radius 3 is 1.26 bits per heavy atom. The normalized spacial score (nSPS) is 13.5. The first kappa shape index (κ1) is 70.1. The van der Waals surface area contributed by atoms with Gasteiger partial charge in [0.2, 0.25) is 0 Å². The van der Waals surface area contributed by atoms with Gasteiger partial charge in [0, 0.05) is 38.0 Å². The Labute approximate surface area is 563 Å². The minimum Gasteiger partial charge on any atom is -0.460 e. The van der Waals surface area contributed by atoms with E-state index >= 15 is 0 Å². The lowest BCUT2D eigenvalue weighted by Crippen LogP contribution is -2.53. The van der Waals surface area contributed by atoms with Crippen LogP contribution in [0.3, 0.4) is 0 Å². The largest absolute Gasteiger partial charge is 0.460 e. The summed E-state index contributed by atoms with van der Waals surface area (Å²) in [6.45, 7) is 35.5. The number of carbonyl (C=O) groups excluding carboxylic acids is 3. The van der Waals surface area contributed by atoms with Crippen LogP contribution in [0.1, 0.15) is 184 Å². The summed E-state index contributed by atoms with van der Waals surface area (Å²) < 4.78 is 39.3. The van der Waals surface area contributed by atoms with Gasteiger partial charge in [-0.25, -0.2) is 0 Å². The van der Waals surface area contributed by atoms with Crippen molar-refractivity contribution in [2.75, 3.05) is 19.8 Å². The molecule has 0 aliphatic rings. The van der Waals surface area contributed by atoms with Gasteiger partial charge in [-0.3, -0.25) is 14.4 Å². The fourth-order valence-electron chi connectivity index (χ4n) is 14.8. The van der Waals surface area contributed by atoms with Gasteiger partial charge in [-0.1, -0.05) is 158 Å². The summed E-state index contributed by atoms with van der Waals surface area (Å²) in [6, 6.07) is 48.1. The van der Waals surface area contributed by atoms with Crippen LogP contribution in [-0.4, -0.2) is 71.3 Å². The van der Waals surface area contributed by atoms with Crippen LogP contribution >= 0.6 is 0 Å². The van der Waals surface area contributed by atoms with Gasteiger partial charge < -0.3 is 28.4 Å². The zero-order valence-corrected chi connectivity index (χ0v) is 59.4. The Balaban J connectivity index is 0.754. The molecule has 0 radical (unpaired) electrons. The van der Waals surface area contributed by atoms with Gasteiger partial charge >= 0.3 is 17.9 Å². The van der Waals surface area contributed by atoms with Crippen LogP contribution in [0, 0.1) is 5.92 Å². The molecule has 10 aromatic carbocycles. The van der Waals surface area contributed by atoms with Crippen molar-refractivity contribution in [1.29, 1.82) is 0 Å². The van der Waals surface area contributed by atoms with E-state index in [0.29, 0.717) is 71.0 Å². The lowest BCUT2D eigenvalue weighted by molar-refractivity contribution is -0.201. The predicted octanol–water partition coefficient (Wildman–Crippen LogP) is 19.8. The summed E-state index contributed by atoms with van der Waals surface area (Å²) in [5.74, 6) is -1.01. The van der Waals surface area contributed by atoms with Gasteiger partial charge in [0.1, 0.15) is 16.8 Å². The van der Waals surface area contributed by atoms with Crippen molar-refractivity contribution in [2.24, 2.45) is 5.92 Å².